The van der Waals surface area contributed by atoms with Crippen LogP contribution in [0.25, 0.3) is 17.2 Å². The minimum atomic E-state index is -0.430. The Morgan fingerprint density at radius 2 is 1.68 bits per heavy atom. The lowest BCUT2D eigenvalue weighted by Gasteiger charge is -2.14. The van der Waals surface area contributed by atoms with E-state index in [-0.39, 0.29) is 5.92 Å². The minimum Gasteiger partial charge on any atom is -0.449 e. The second kappa shape index (κ2) is 9.46. The van der Waals surface area contributed by atoms with Crippen LogP contribution in [-0.2, 0) is 4.74 Å². The van der Waals surface area contributed by atoms with Crippen molar-refractivity contribution in [1.82, 2.24) is 5.32 Å². The van der Waals surface area contributed by atoms with E-state index in [2.05, 4.69) is 29.6 Å². The molecule has 4 nitrogen and oxygen atoms in total. The van der Waals surface area contributed by atoms with Gasteiger partial charge in [-0.05, 0) is 40.8 Å². The van der Waals surface area contributed by atoms with Crippen LogP contribution in [0.5, 0.6) is 0 Å². The van der Waals surface area contributed by atoms with Crippen LogP contribution < -0.4 is 11.1 Å². The first-order valence-electron chi connectivity index (χ1n) is 10.0. The molecule has 1 aliphatic rings. The summed E-state index contributed by atoms with van der Waals surface area (Å²) < 4.78 is 5.53. The molecule has 3 N–H and O–H groups in total. The maximum absolute atomic E-state index is 12.2. The number of ether oxygens (including phenoxy) is 1. The number of nitrogens with one attached hydrogen (secondary N) is 1. The molecule has 6 heteroatoms. The SMILES string of the molecule is Nc1c(Cl)cc(Cl)cc1C=CCCNC(=O)OCC1c2ccccc2-c2ccccc21. The normalized spacial score (nSPS) is 12.6. The van der Waals surface area contributed by atoms with E-state index >= 15 is 0 Å². The molecular weight excluding hydrogens is 431 g/mol. The zero-order valence-electron chi connectivity index (χ0n) is 16.8. The zero-order chi connectivity index (χ0) is 21.8. The predicted molar refractivity (Wildman–Crippen MR) is 128 cm³/mol. The van der Waals surface area contributed by atoms with Gasteiger partial charge in [0.1, 0.15) is 6.61 Å². The van der Waals surface area contributed by atoms with Crippen molar-refractivity contribution in [3.05, 3.63) is 93.5 Å². The van der Waals surface area contributed by atoms with Crippen LogP contribution >= 0.6 is 23.2 Å². The third-order valence-electron chi connectivity index (χ3n) is 5.35. The van der Waals surface area contributed by atoms with E-state index in [4.69, 9.17) is 33.7 Å². The third kappa shape index (κ3) is 4.71. The molecule has 0 unspecified atom stereocenters. The van der Waals surface area contributed by atoms with Crippen molar-refractivity contribution in [3.63, 3.8) is 0 Å². The van der Waals surface area contributed by atoms with Gasteiger partial charge in [-0.1, -0.05) is 83.9 Å². The summed E-state index contributed by atoms with van der Waals surface area (Å²) in [5.74, 6) is 0.0496. The van der Waals surface area contributed by atoms with Gasteiger partial charge in [0.05, 0.1) is 10.7 Å². The molecule has 158 valence electrons. The number of fused-ring (bicyclic) bond motifs is 3. The van der Waals surface area contributed by atoms with Crippen molar-refractivity contribution in [2.45, 2.75) is 12.3 Å². The van der Waals surface area contributed by atoms with Gasteiger partial charge in [-0.3, -0.25) is 0 Å². The lowest BCUT2D eigenvalue weighted by Crippen LogP contribution is -2.26. The van der Waals surface area contributed by atoms with Crippen molar-refractivity contribution in [2.75, 3.05) is 18.9 Å². The summed E-state index contributed by atoms with van der Waals surface area (Å²) in [7, 11) is 0. The largest absolute Gasteiger partial charge is 0.449 e. The Morgan fingerprint density at radius 3 is 2.35 bits per heavy atom. The van der Waals surface area contributed by atoms with Gasteiger partial charge in [0.2, 0.25) is 0 Å². The number of carbonyl (C=O) groups is 1. The molecule has 0 bridgehead atoms. The van der Waals surface area contributed by atoms with Gasteiger partial charge in [-0.2, -0.15) is 0 Å². The number of amides is 1. The molecule has 1 aliphatic carbocycles. The van der Waals surface area contributed by atoms with Crippen molar-refractivity contribution >= 4 is 41.1 Å². The molecular formula is C25H22Cl2N2O2. The number of hydrogen-bond acceptors (Lipinski definition) is 3. The van der Waals surface area contributed by atoms with Gasteiger partial charge in [-0.25, -0.2) is 4.79 Å². The van der Waals surface area contributed by atoms with Crippen LogP contribution in [0.3, 0.4) is 0 Å². The summed E-state index contributed by atoms with van der Waals surface area (Å²) in [5, 5.41) is 3.73. The standard InChI is InChI=1S/C25H22Cl2N2O2/c26-17-13-16(24(28)23(27)14-17)7-5-6-12-29-25(30)31-15-22-20-10-3-1-8-18(20)19-9-2-4-11-21(19)22/h1-5,7-11,13-14,22H,6,12,15,28H2,(H,29,30). The molecule has 0 heterocycles. The van der Waals surface area contributed by atoms with Crippen molar-refractivity contribution in [3.8, 4) is 11.1 Å². The summed E-state index contributed by atoms with van der Waals surface area (Å²) in [6.45, 7) is 0.745. The molecule has 0 fully saturated rings. The maximum Gasteiger partial charge on any atom is 0.407 e. The molecule has 3 aromatic rings. The summed E-state index contributed by atoms with van der Waals surface area (Å²) in [6.07, 6.45) is 3.93. The first-order chi connectivity index (χ1) is 15.0. The molecule has 0 aromatic heterocycles. The smallest absolute Gasteiger partial charge is 0.407 e. The number of halogens is 2. The predicted octanol–water partition coefficient (Wildman–Crippen LogP) is 6.52. The Hall–Kier alpha value is -2.95. The zero-order valence-corrected chi connectivity index (χ0v) is 18.3. The van der Waals surface area contributed by atoms with Gasteiger partial charge in [0, 0.05) is 23.0 Å². The van der Waals surface area contributed by atoms with Crippen LogP contribution in [0.2, 0.25) is 10.0 Å². The summed E-state index contributed by atoms with van der Waals surface area (Å²) in [5.41, 5.74) is 12.0. The van der Waals surface area contributed by atoms with Crippen molar-refractivity contribution in [2.24, 2.45) is 0 Å². The first kappa shape index (κ1) is 21.3. The van der Waals surface area contributed by atoms with E-state index in [1.54, 1.807) is 12.1 Å². The van der Waals surface area contributed by atoms with Gasteiger partial charge in [0.15, 0.2) is 0 Å². The Labute approximate surface area is 191 Å². The maximum atomic E-state index is 12.2. The second-order valence-corrected chi connectivity index (χ2v) is 8.18. The average Bonchev–Trinajstić information content (AvgIpc) is 3.09. The van der Waals surface area contributed by atoms with E-state index in [0.717, 1.165) is 5.56 Å². The highest BCUT2D eigenvalue weighted by Crippen LogP contribution is 2.44. The van der Waals surface area contributed by atoms with Crippen molar-refractivity contribution < 1.29 is 9.53 Å². The Balaban J connectivity index is 1.29. The highest BCUT2D eigenvalue weighted by atomic mass is 35.5. The van der Waals surface area contributed by atoms with E-state index in [1.807, 2.05) is 36.4 Å². The molecule has 4 rings (SSSR count). The molecule has 0 spiro atoms. The molecule has 0 saturated carbocycles. The van der Waals surface area contributed by atoms with Crippen LogP contribution in [-0.4, -0.2) is 19.2 Å². The topological polar surface area (TPSA) is 64.3 Å². The number of nitrogens with two attached hydrogens (primary N) is 1. The molecule has 1 amide bonds. The number of rotatable bonds is 6. The fourth-order valence-corrected chi connectivity index (χ4v) is 4.37. The average molecular weight is 453 g/mol. The fraction of sp³-hybridized carbons (Fsp3) is 0.160. The molecule has 0 atom stereocenters. The third-order valence-corrected chi connectivity index (χ3v) is 5.88. The molecule has 0 radical (unpaired) electrons. The fourth-order valence-electron chi connectivity index (χ4n) is 3.86. The highest BCUT2D eigenvalue weighted by Gasteiger charge is 2.28. The number of nitrogen functional groups attached to an aromatic ring is 1. The van der Waals surface area contributed by atoms with E-state index in [0.29, 0.717) is 35.3 Å². The number of anilines is 1. The van der Waals surface area contributed by atoms with E-state index < -0.39 is 6.09 Å². The lowest BCUT2D eigenvalue weighted by molar-refractivity contribution is 0.143. The molecule has 0 saturated heterocycles. The molecule has 31 heavy (non-hydrogen) atoms. The van der Waals surface area contributed by atoms with Crippen molar-refractivity contribution in [1.29, 1.82) is 0 Å². The Morgan fingerprint density at radius 1 is 1.03 bits per heavy atom. The minimum absolute atomic E-state index is 0.0496. The van der Waals surface area contributed by atoms with Gasteiger partial charge in [-0.15, -0.1) is 0 Å². The summed E-state index contributed by atoms with van der Waals surface area (Å²) >= 11 is 12.0. The van der Waals surface area contributed by atoms with Crippen LogP contribution in [0, 0.1) is 0 Å². The second-order valence-electron chi connectivity index (χ2n) is 7.33. The lowest BCUT2D eigenvalue weighted by atomic mass is 9.98. The van der Waals surface area contributed by atoms with Gasteiger partial charge < -0.3 is 15.8 Å². The van der Waals surface area contributed by atoms with Gasteiger partial charge in [0.25, 0.3) is 0 Å². The summed E-state index contributed by atoms with van der Waals surface area (Å²) in [4.78, 5) is 12.2. The van der Waals surface area contributed by atoms with Crippen LogP contribution in [0.15, 0.2) is 66.7 Å². The first-order valence-corrected chi connectivity index (χ1v) is 10.8. The molecule has 3 aromatic carbocycles. The number of hydrogen-bond donors (Lipinski definition) is 2. The monoisotopic (exact) mass is 452 g/mol. The summed E-state index contributed by atoms with van der Waals surface area (Å²) in [6, 6.07) is 19.9. The highest BCUT2D eigenvalue weighted by molar-refractivity contribution is 6.36. The number of benzene rings is 3. The quantitative estimate of drug-likeness (QED) is 0.330. The Bertz CT molecular complexity index is 1100. The Kier molecular flexibility index (Phi) is 6.50. The molecule has 0 aliphatic heterocycles. The number of alkyl carbamates (subject to hydrolysis) is 1. The number of carbonyl (C=O) groups excluding carboxylic acids is 1. The van der Waals surface area contributed by atoms with E-state index in [1.165, 1.54) is 22.3 Å². The van der Waals surface area contributed by atoms with E-state index in [9.17, 15) is 4.79 Å². The van der Waals surface area contributed by atoms with Crippen LogP contribution in [0.1, 0.15) is 29.0 Å². The van der Waals surface area contributed by atoms with Crippen LogP contribution in [0.4, 0.5) is 10.5 Å². The van der Waals surface area contributed by atoms with Gasteiger partial charge >= 0.3 is 6.09 Å².